The van der Waals surface area contributed by atoms with Crippen LogP contribution in [0.25, 0.3) is 0 Å². The van der Waals surface area contributed by atoms with Crippen LogP contribution in [0.15, 0.2) is 33.4 Å². The fraction of sp³-hybridized carbons (Fsp3) is 0.647. The van der Waals surface area contributed by atoms with E-state index in [0.717, 1.165) is 0 Å². The molecule has 0 N–H and O–H groups in total. The highest BCUT2D eigenvalue weighted by Crippen LogP contribution is 2.47. The van der Waals surface area contributed by atoms with Crippen molar-refractivity contribution in [2.24, 2.45) is 0 Å². The van der Waals surface area contributed by atoms with E-state index in [1.165, 1.54) is 57.8 Å². The van der Waals surface area contributed by atoms with Crippen molar-refractivity contribution in [2.45, 2.75) is 71.6 Å². The van der Waals surface area contributed by atoms with E-state index in [2.05, 4.69) is 13.8 Å². The smallest absolute Gasteiger partial charge is 0.00964 e. The molecule has 3 aliphatic rings. The molecule has 0 saturated heterocycles. The van der Waals surface area contributed by atoms with Gasteiger partial charge in [-0.3, -0.25) is 0 Å². The molecule has 0 aromatic carbocycles. The van der Waals surface area contributed by atoms with Gasteiger partial charge in [0, 0.05) is 0 Å². The Morgan fingerprint density at radius 3 is 1.65 bits per heavy atom. The molecule has 0 spiro atoms. The fourth-order valence-corrected chi connectivity index (χ4v) is 3.97. The predicted octanol–water partition coefficient (Wildman–Crippen LogP) is 5.47. The van der Waals surface area contributed by atoms with Gasteiger partial charge in [-0.2, -0.15) is 0 Å². The standard InChI is InChI=1S/C17H24/c1-12(2)17-15-9-5-3-7-13(15)11-14-8-4-6-10-16(14)17/h3-11H2,1-2H3. The first-order valence-electron chi connectivity index (χ1n) is 7.37. The van der Waals surface area contributed by atoms with Crippen molar-refractivity contribution in [1.29, 1.82) is 0 Å². The summed E-state index contributed by atoms with van der Waals surface area (Å²) in [5.41, 5.74) is 10.4. The largest absolute Gasteiger partial charge is 0.0686 e. The molecule has 0 atom stereocenters. The zero-order valence-electron chi connectivity index (χ0n) is 11.4. The highest BCUT2D eigenvalue weighted by molar-refractivity contribution is 5.58. The van der Waals surface area contributed by atoms with Crippen molar-refractivity contribution >= 4 is 0 Å². The van der Waals surface area contributed by atoms with E-state index in [-0.39, 0.29) is 0 Å². The third-order valence-corrected chi connectivity index (χ3v) is 4.69. The van der Waals surface area contributed by atoms with Gasteiger partial charge in [-0.05, 0) is 88.4 Å². The summed E-state index contributed by atoms with van der Waals surface area (Å²) >= 11 is 0. The van der Waals surface area contributed by atoms with Gasteiger partial charge in [0.05, 0.1) is 0 Å². The van der Waals surface area contributed by atoms with Gasteiger partial charge in [0.15, 0.2) is 0 Å². The lowest BCUT2D eigenvalue weighted by molar-refractivity contribution is 0.608. The molecule has 3 rings (SSSR count). The Morgan fingerprint density at radius 2 is 1.18 bits per heavy atom. The maximum atomic E-state index is 2.32. The first-order valence-corrected chi connectivity index (χ1v) is 7.37. The second kappa shape index (κ2) is 4.48. The van der Waals surface area contributed by atoms with Crippen molar-refractivity contribution in [3.8, 4) is 0 Å². The molecule has 3 aliphatic carbocycles. The molecule has 0 aromatic rings. The summed E-state index contributed by atoms with van der Waals surface area (Å²) in [5.74, 6) is 0. The van der Waals surface area contributed by atoms with E-state index in [9.17, 15) is 0 Å². The second-order valence-electron chi connectivity index (χ2n) is 6.13. The molecule has 0 heteroatoms. The van der Waals surface area contributed by atoms with Gasteiger partial charge >= 0.3 is 0 Å². The van der Waals surface area contributed by atoms with E-state index in [1.807, 2.05) is 0 Å². The van der Waals surface area contributed by atoms with E-state index < -0.39 is 0 Å². The van der Waals surface area contributed by atoms with Crippen LogP contribution < -0.4 is 0 Å². The molecule has 0 aliphatic heterocycles. The molecule has 17 heavy (non-hydrogen) atoms. The molecule has 0 radical (unpaired) electrons. The van der Waals surface area contributed by atoms with Crippen molar-refractivity contribution in [2.75, 3.05) is 0 Å². The highest BCUT2D eigenvalue weighted by atomic mass is 14.3. The zero-order chi connectivity index (χ0) is 11.8. The minimum Gasteiger partial charge on any atom is -0.0686 e. The Morgan fingerprint density at radius 1 is 0.706 bits per heavy atom. The molecule has 0 bridgehead atoms. The summed E-state index contributed by atoms with van der Waals surface area (Å²) in [6.07, 6.45) is 12.5. The Balaban J connectivity index is 2.08. The van der Waals surface area contributed by atoms with Gasteiger partial charge in [0.1, 0.15) is 0 Å². The summed E-state index contributed by atoms with van der Waals surface area (Å²) in [7, 11) is 0. The molecular formula is C17H24. The second-order valence-corrected chi connectivity index (χ2v) is 6.13. The summed E-state index contributed by atoms with van der Waals surface area (Å²) in [5, 5.41) is 0. The lowest BCUT2D eigenvalue weighted by Crippen LogP contribution is -2.15. The van der Waals surface area contributed by atoms with E-state index in [0.29, 0.717) is 0 Å². The molecule has 0 heterocycles. The predicted molar refractivity (Wildman–Crippen MR) is 74.0 cm³/mol. The Hall–Kier alpha value is -0.780. The lowest BCUT2D eigenvalue weighted by atomic mass is 9.71. The summed E-state index contributed by atoms with van der Waals surface area (Å²) < 4.78 is 0. The van der Waals surface area contributed by atoms with E-state index in [4.69, 9.17) is 0 Å². The Labute approximate surface area is 105 Å². The normalized spacial score (nSPS) is 24.7. The van der Waals surface area contributed by atoms with Crippen LogP contribution in [0.2, 0.25) is 0 Å². The number of hydrogen-bond acceptors (Lipinski definition) is 0. The third kappa shape index (κ3) is 1.92. The van der Waals surface area contributed by atoms with Gasteiger partial charge < -0.3 is 0 Å². The number of allylic oxidation sites excluding steroid dienone is 6. The molecule has 92 valence electrons. The van der Waals surface area contributed by atoms with Gasteiger partial charge in [-0.1, -0.05) is 16.7 Å². The summed E-state index contributed by atoms with van der Waals surface area (Å²) in [4.78, 5) is 0. The number of rotatable bonds is 0. The Bertz CT molecular complexity index is 391. The minimum atomic E-state index is 1.33. The maximum Gasteiger partial charge on any atom is -0.00964 e. The van der Waals surface area contributed by atoms with Crippen LogP contribution in [-0.4, -0.2) is 0 Å². The zero-order valence-corrected chi connectivity index (χ0v) is 11.4. The van der Waals surface area contributed by atoms with Crippen molar-refractivity contribution in [3.05, 3.63) is 33.4 Å². The highest BCUT2D eigenvalue weighted by Gasteiger charge is 2.28. The van der Waals surface area contributed by atoms with Crippen molar-refractivity contribution in [3.63, 3.8) is 0 Å². The topological polar surface area (TPSA) is 0 Å². The van der Waals surface area contributed by atoms with Gasteiger partial charge in [0.2, 0.25) is 0 Å². The summed E-state index contributed by atoms with van der Waals surface area (Å²) in [6.45, 7) is 4.64. The van der Waals surface area contributed by atoms with Gasteiger partial charge in [-0.15, -0.1) is 0 Å². The molecule has 0 saturated carbocycles. The van der Waals surface area contributed by atoms with Crippen LogP contribution in [0, 0.1) is 0 Å². The van der Waals surface area contributed by atoms with Crippen LogP contribution in [0.3, 0.4) is 0 Å². The van der Waals surface area contributed by atoms with E-state index in [1.54, 1.807) is 33.4 Å². The van der Waals surface area contributed by atoms with Crippen molar-refractivity contribution < 1.29 is 0 Å². The molecule has 0 unspecified atom stereocenters. The summed E-state index contributed by atoms with van der Waals surface area (Å²) in [6, 6.07) is 0. The SMILES string of the molecule is CC(C)=C1C2=C(CCCC2)CC2=C1CCCC2. The quantitative estimate of drug-likeness (QED) is 0.516. The first kappa shape index (κ1) is 11.3. The van der Waals surface area contributed by atoms with Crippen molar-refractivity contribution in [1.82, 2.24) is 0 Å². The average Bonchev–Trinajstić information content (AvgIpc) is 2.35. The van der Waals surface area contributed by atoms with Crippen LogP contribution in [0.4, 0.5) is 0 Å². The van der Waals surface area contributed by atoms with Crippen LogP contribution >= 0.6 is 0 Å². The minimum absolute atomic E-state index is 1.33. The fourth-order valence-electron chi connectivity index (χ4n) is 3.97. The maximum absolute atomic E-state index is 2.32. The van der Waals surface area contributed by atoms with E-state index >= 15 is 0 Å². The monoisotopic (exact) mass is 228 g/mol. The molecular weight excluding hydrogens is 204 g/mol. The first-order chi connectivity index (χ1) is 8.27. The van der Waals surface area contributed by atoms with Crippen LogP contribution in [0.1, 0.15) is 71.6 Å². The molecule has 0 fully saturated rings. The van der Waals surface area contributed by atoms with Gasteiger partial charge in [0.25, 0.3) is 0 Å². The van der Waals surface area contributed by atoms with Crippen LogP contribution in [-0.2, 0) is 0 Å². The molecule has 0 aromatic heterocycles. The third-order valence-electron chi connectivity index (χ3n) is 4.69. The van der Waals surface area contributed by atoms with Crippen LogP contribution in [0.5, 0.6) is 0 Å². The number of hydrogen-bond donors (Lipinski definition) is 0. The lowest BCUT2D eigenvalue weighted by Gasteiger charge is -2.34. The molecule has 0 amide bonds. The van der Waals surface area contributed by atoms with Gasteiger partial charge in [-0.25, -0.2) is 0 Å². The Kier molecular flexibility index (Phi) is 2.98. The molecule has 0 nitrogen and oxygen atoms in total. The average molecular weight is 228 g/mol.